The van der Waals surface area contributed by atoms with Crippen LogP contribution in [0, 0.1) is 5.41 Å². The first-order valence-electron chi connectivity index (χ1n) is 21.2. The van der Waals surface area contributed by atoms with Gasteiger partial charge in [-0.3, -0.25) is 19.2 Å². The fourth-order valence-corrected chi connectivity index (χ4v) is 9.30. The van der Waals surface area contributed by atoms with Gasteiger partial charge in [0.05, 0.1) is 12.1 Å². The zero-order valence-electron chi connectivity index (χ0n) is 35.3. The van der Waals surface area contributed by atoms with Crippen LogP contribution in [-0.2, 0) is 49.7 Å². The Morgan fingerprint density at radius 1 is 0.763 bits per heavy atom. The van der Waals surface area contributed by atoms with Crippen molar-refractivity contribution in [3.05, 3.63) is 100 Å². The Bertz CT molecular complexity index is 2070. The summed E-state index contributed by atoms with van der Waals surface area (Å²) in [5, 5.41) is 12.9. The van der Waals surface area contributed by atoms with Crippen molar-refractivity contribution in [2.24, 2.45) is 5.41 Å². The van der Waals surface area contributed by atoms with E-state index in [1.165, 1.54) is 11.1 Å². The van der Waals surface area contributed by atoms with Crippen molar-refractivity contribution in [2.75, 3.05) is 11.9 Å². The molecule has 4 unspecified atom stereocenters. The fourth-order valence-electron chi connectivity index (χ4n) is 9.30. The Morgan fingerprint density at radius 2 is 1.36 bits per heavy atom. The van der Waals surface area contributed by atoms with E-state index in [1.54, 1.807) is 30.6 Å². The van der Waals surface area contributed by atoms with Gasteiger partial charge in [0.25, 0.3) is 0 Å². The third-order valence-electron chi connectivity index (χ3n) is 12.2. The summed E-state index contributed by atoms with van der Waals surface area (Å²) in [4.78, 5) is 71.3. The summed E-state index contributed by atoms with van der Waals surface area (Å²) in [6, 6.07) is 19.4. The highest BCUT2D eigenvalue weighted by molar-refractivity contribution is 5.93. The molecule has 3 aromatic carbocycles. The Balaban J connectivity index is 1.08. The van der Waals surface area contributed by atoms with Crippen molar-refractivity contribution in [3.8, 4) is 0 Å². The maximum Gasteiger partial charge on any atom is 0.408 e. The molecule has 0 bridgehead atoms. The van der Waals surface area contributed by atoms with Gasteiger partial charge in [-0.2, -0.15) is 0 Å². The van der Waals surface area contributed by atoms with E-state index in [0.717, 1.165) is 72.9 Å². The van der Waals surface area contributed by atoms with Gasteiger partial charge in [-0.05, 0) is 117 Å². The monoisotopic (exact) mass is 804 g/mol. The lowest BCUT2D eigenvalue weighted by molar-refractivity contribution is -0.142. The van der Waals surface area contributed by atoms with E-state index < -0.39 is 35.2 Å². The number of amides is 5. The number of carbonyl (C=O) groups excluding carboxylic acids is 5. The molecule has 4 aliphatic rings. The van der Waals surface area contributed by atoms with Crippen LogP contribution in [0.4, 0.5) is 10.5 Å². The number of hydrogen-bond donors (Lipinski definition) is 4. The minimum Gasteiger partial charge on any atom is -0.444 e. The molecule has 0 radical (unpaired) electrons. The van der Waals surface area contributed by atoms with Crippen LogP contribution in [0.5, 0.6) is 0 Å². The molecule has 1 fully saturated rings. The maximum absolute atomic E-state index is 14.6. The average molecular weight is 805 g/mol. The van der Waals surface area contributed by atoms with Gasteiger partial charge in [-0.15, -0.1) is 0 Å². The van der Waals surface area contributed by atoms with Crippen LogP contribution in [0.25, 0.3) is 0 Å². The lowest BCUT2D eigenvalue weighted by atomic mass is 9.85. The second-order valence-electron chi connectivity index (χ2n) is 18.8. The highest BCUT2D eigenvalue weighted by atomic mass is 16.6. The standard InChI is InChI=1S/C47H60N6O6/c1-46(2,3)41(51-45(58)59-47(4,5)6)44(57)53-27-34(25-40(53)43(56)50-38-20-12-16-30-14-8-10-18-36(30)38)48-33-22-21-31-24-39(52(28-54)26-32(31)23-33)42(55)49-37-19-11-15-29-13-7-9-17-35(29)37/h7-10,13-14,17-18,21-23,28,34,37-41,48H,11-12,15-16,19-20,24-27H2,1-6H3,(H,49,55)(H,50,56)(H,51,58)/t34-,37?,38+,39?,40?,41?/m0/s1. The summed E-state index contributed by atoms with van der Waals surface area (Å²) in [5.41, 5.74) is 5.99. The summed E-state index contributed by atoms with van der Waals surface area (Å²) >= 11 is 0. The van der Waals surface area contributed by atoms with Crippen molar-refractivity contribution >= 4 is 35.9 Å². The SMILES string of the molecule is CC(C)(C)OC(=O)NC(C(=O)N1C[C@@H](Nc2ccc3c(c2)CN(C=O)C(C(=O)NC2CCCc4ccccc42)C3)CC1C(=O)N[C@@H]1CCCc2ccccc21)C(C)(C)C. The molecule has 1 saturated heterocycles. The number of aryl methyl sites for hydroxylation is 2. The molecule has 0 aromatic heterocycles. The molecule has 2 heterocycles. The third kappa shape index (κ3) is 9.58. The van der Waals surface area contributed by atoms with Crippen LogP contribution in [0.3, 0.4) is 0 Å². The first kappa shape index (κ1) is 41.8. The van der Waals surface area contributed by atoms with Crippen LogP contribution in [0.2, 0.25) is 0 Å². The smallest absolute Gasteiger partial charge is 0.408 e. The second kappa shape index (κ2) is 17.1. The molecule has 12 nitrogen and oxygen atoms in total. The summed E-state index contributed by atoms with van der Waals surface area (Å²) < 4.78 is 5.55. The molecule has 2 aliphatic heterocycles. The lowest BCUT2D eigenvalue weighted by Crippen LogP contribution is -2.58. The van der Waals surface area contributed by atoms with Crippen LogP contribution in [0.1, 0.15) is 119 Å². The van der Waals surface area contributed by atoms with Crippen molar-refractivity contribution < 1.29 is 28.7 Å². The number of fused-ring (bicyclic) bond motifs is 3. The minimum atomic E-state index is -0.960. The van der Waals surface area contributed by atoms with E-state index >= 15 is 0 Å². The van der Waals surface area contributed by atoms with Gasteiger partial charge in [0.15, 0.2) is 0 Å². The first-order chi connectivity index (χ1) is 28.1. The molecule has 3 aromatic rings. The zero-order chi connectivity index (χ0) is 42.1. The summed E-state index contributed by atoms with van der Waals surface area (Å²) in [5.74, 6) is -0.745. The third-order valence-corrected chi connectivity index (χ3v) is 12.2. The van der Waals surface area contributed by atoms with Crippen molar-refractivity contribution in [3.63, 3.8) is 0 Å². The Hall–Kier alpha value is -5.39. The van der Waals surface area contributed by atoms with E-state index in [-0.39, 0.29) is 48.9 Å². The summed E-state index contributed by atoms with van der Waals surface area (Å²) in [6.45, 7) is 11.5. The second-order valence-corrected chi connectivity index (χ2v) is 18.8. The van der Waals surface area contributed by atoms with E-state index in [4.69, 9.17) is 4.74 Å². The van der Waals surface area contributed by atoms with Crippen LogP contribution in [-0.4, -0.2) is 76.3 Å². The molecular formula is C47H60N6O6. The van der Waals surface area contributed by atoms with Crippen LogP contribution < -0.4 is 21.3 Å². The van der Waals surface area contributed by atoms with Crippen molar-refractivity contribution in [1.29, 1.82) is 0 Å². The van der Waals surface area contributed by atoms with Gasteiger partial charge in [0.1, 0.15) is 23.7 Å². The molecule has 5 amide bonds. The molecule has 59 heavy (non-hydrogen) atoms. The van der Waals surface area contributed by atoms with Gasteiger partial charge in [-0.25, -0.2) is 4.79 Å². The van der Waals surface area contributed by atoms with Gasteiger partial charge in [0.2, 0.25) is 24.1 Å². The quantitative estimate of drug-likeness (QED) is 0.186. The van der Waals surface area contributed by atoms with Gasteiger partial charge >= 0.3 is 6.09 Å². The van der Waals surface area contributed by atoms with Crippen LogP contribution in [0.15, 0.2) is 66.7 Å². The number of ether oxygens (including phenoxy) is 1. The molecule has 7 rings (SSSR count). The Morgan fingerprint density at radius 3 is 1.93 bits per heavy atom. The first-order valence-corrected chi connectivity index (χ1v) is 21.2. The average Bonchev–Trinajstić information content (AvgIpc) is 3.62. The number of carbonyl (C=O) groups is 5. The van der Waals surface area contributed by atoms with E-state index in [2.05, 4.69) is 45.5 Å². The highest BCUT2D eigenvalue weighted by Gasteiger charge is 2.46. The largest absolute Gasteiger partial charge is 0.444 e. The van der Waals surface area contributed by atoms with Crippen LogP contribution >= 0.6 is 0 Å². The number of hydrogen-bond acceptors (Lipinski definition) is 7. The maximum atomic E-state index is 14.6. The highest BCUT2D eigenvalue weighted by Crippen LogP contribution is 2.34. The molecule has 4 N–H and O–H groups in total. The van der Waals surface area contributed by atoms with Gasteiger partial charge in [0, 0.05) is 31.2 Å². The molecule has 0 spiro atoms. The van der Waals surface area contributed by atoms with Crippen molar-refractivity contribution in [1.82, 2.24) is 25.8 Å². The van der Waals surface area contributed by atoms with Gasteiger partial charge < -0.3 is 35.8 Å². The molecule has 6 atom stereocenters. The minimum absolute atomic E-state index is 0.0806. The topological polar surface area (TPSA) is 149 Å². The fraction of sp³-hybridized carbons (Fsp3) is 0.511. The number of nitrogens with one attached hydrogen (secondary N) is 4. The number of rotatable bonds is 9. The number of likely N-dealkylation sites (tertiary alicyclic amines) is 1. The Kier molecular flexibility index (Phi) is 12.1. The number of nitrogens with zero attached hydrogens (tertiary/aromatic N) is 2. The zero-order valence-corrected chi connectivity index (χ0v) is 35.3. The molecule has 0 saturated carbocycles. The lowest BCUT2D eigenvalue weighted by Gasteiger charge is -2.36. The van der Waals surface area contributed by atoms with E-state index in [0.29, 0.717) is 12.8 Å². The molecule has 12 heteroatoms. The normalized spacial score (nSPS) is 23.1. The summed E-state index contributed by atoms with van der Waals surface area (Å²) in [7, 11) is 0. The summed E-state index contributed by atoms with van der Waals surface area (Å²) in [6.07, 6.45) is 6.37. The van der Waals surface area contributed by atoms with E-state index in [1.807, 2.05) is 63.2 Å². The molecule has 2 aliphatic carbocycles. The number of benzene rings is 3. The van der Waals surface area contributed by atoms with Crippen molar-refractivity contribution in [2.45, 2.75) is 141 Å². The Labute approximate surface area is 348 Å². The molecule has 314 valence electrons. The predicted octanol–water partition coefficient (Wildman–Crippen LogP) is 6.28. The predicted molar refractivity (Wildman–Crippen MR) is 226 cm³/mol. The van der Waals surface area contributed by atoms with Gasteiger partial charge in [-0.1, -0.05) is 75.4 Å². The molecular weight excluding hydrogens is 745 g/mol. The number of anilines is 1. The number of alkyl carbamates (subject to hydrolysis) is 1. The van der Waals surface area contributed by atoms with E-state index in [9.17, 15) is 24.0 Å².